The van der Waals surface area contributed by atoms with Crippen molar-refractivity contribution in [2.75, 3.05) is 11.4 Å². The maximum Gasteiger partial charge on any atom is 0.314 e. The van der Waals surface area contributed by atoms with Gasteiger partial charge in [-0.25, -0.2) is 0 Å². The average Bonchev–Trinajstić information content (AvgIpc) is 2.50. The summed E-state index contributed by atoms with van der Waals surface area (Å²) in [6, 6.07) is 15.3. The summed E-state index contributed by atoms with van der Waals surface area (Å²) in [5.41, 5.74) is 1.81. The van der Waals surface area contributed by atoms with Crippen LogP contribution in [0.25, 0.3) is 0 Å². The lowest BCUT2D eigenvalue weighted by molar-refractivity contribution is -0.136. The average molecular weight is 337 g/mol. The summed E-state index contributed by atoms with van der Waals surface area (Å²) in [5, 5.41) is 8.88. The summed E-state index contributed by atoms with van der Waals surface area (Å²) in [5.74, 6) is 0.708. The SMILES string of the molecule is O=C(O)CCN1c2ccccc2Oc2ccccc21.O=[PH](O)O. The minimum absolute atomic E-state index is 0.0860. The maximum absolute atomic E-state index is 10.8. The highest BCUT2D eigenvalue weighted by Gasteiger charge is 2.23. The van der Waals surface area contributed by atoms with Crippen LogP contribution in [0.5, 0.6) is 11.5 Å². The molecule has 0 bridgehead atoms. The number of aliphatic carboxylic acids is 1. The summed E-state index contributed by atoms with van der Waals surface area (Å²) >= 11 is 0. The Morgan fingerprint density at radius 3 is 1.87 bits per heavy atom. The highest BCUT2D eigenvalue weighted by Crippen LogP contribution is 2.46. The molecular weight excluding hydrogens is 321 g/mol. The fraction of sp³-hybridized carbons (Fsp3) is 0.133. The number of fused-ring (bicyclic) bond motifs is 2. The molecule has 0 saturated carbocycles. The number of nitrogens with zero attached hydrogens (tertiary/aromatic N) is 1. The van der Waals surface area contributed by atoms with E-state index in [0.29, 0.717) is 6.54 Å². The van der Waals surface area contributed by atoms with Crippen molar-refractivity contribution < 1.29 is 29.0 Å². The fourth-order valence-corrected chi connectivity index (χ4v) is 2.23. The molecule has 8 heteroatoms. The first kappa shape index (κ1) is 17.0. The number of carboxylic acid groups (broad SMARTS) is 1. The highest BCUT2D eigenvalue weighted by atomic mass is 31.1. The molecule has 1 aliphatic heterocycles. The predicted octanol–water partition coefficient (Wildman–Crippen LogP) is 2.77. The normalized spacial score (nSPS) is 11.7. The number of hydrogen-bond acceptors (Lipinski definition) is 4. The monoisotopic (exact) mass is 337 g/mol. The molecule has 0 aliphatic carbocycles. The molecule has 0 spiro atoms. The molecule has 0 unspecified atom stereocenters. The Hall–Kier alpha value is -2.34. The maximum atomic E-state index is 10.8. The van der Waals surface area contributed by atoms with Crippen molar-refractivity contribution in [3.05, 3.63) is 48.5 Å². The van der Waals surface area contributed by atoms with Crippen LogP contribution in [0.1, 0.15) is 6.42 Å². The van der Waals surface area contributed by atoms with E-state index in [0.717, 1.165) is 22.9 Å². The summed E-state index contributed by atoms with van der Waals surface area (Å²) in [4.78, 5) is 27.1. The van der Waals surface area contributed by atoms with Crippen LogP contribution in [0.4, 0.5) is 11.4 Å². The first-order valence-corrected chi connectivity index (χ1v) is 8.06. The van der Waals surface area contributed by atoms with Crippen molar-refractivity contribution in [1.29, 1.82) is 0 Å². The quantitative estimate of drug-likeness (QED) is 0.739. The summed E-state index contributed by atoms with van der Waals surface area (Å²) in [6.45, 7) is 0.423. The number of rotatable bonds is 3. The molecule has 0 fully saturated rings. The first-order chi connectivity index (χ1) is 11.0. The molecule has 0 amide bonds. The van der Waals surface area contributed by atoms with Crippen molar-refractivity contribution in [3.63, 3.8) is 0 Å². The topological polar surface area (TPSA) is 107 Å². The Morgan fingerprint density at radius 1 is 1.00 bits per heavy atom. The zero-order valence-electron chi connectivity index (χ0n) is 12.0. The van der Waals surface area contributed by atoms with Gasteiger partial charge >= 0.3 is 14.2 Å². The summed E-state index contributed by atoms with van der Waals surface area (Å²) in [6.07, 6.45) is 0.0860. The van der Waals surface area contributed by atoms with Crippen LogP contribution in [0, 0.1) is 0 Å². The second-order valence-electron chi connectivity index (χ2n) is 4.62. The van der Waals surface area contributed by atoms with Crippen LogP contribution in [0.3, 0.4) is 0 Å². The second kappa shape index (κ2) is 7.78. The molecule has 1 aliphatic rings. The van der Waals surface area contributed by atoms with E-state index in [1.807, 2.05) is 53.4 Å². The Kier molecular flexibility index (Phi) is 5.76. The van der Waals surface area contributed by atoms with E-state index in [1.54, 1.807) is 0 Å². The van der Waals surface area contributed by atoms with Crippen LogP contribution in [-0.2, 0) is 9.36 Å². The van der Waals surface area contributed by atoms with Gasteiger partial charge in [0.1, 0.15) is 0 Å². The zero-order valence-corrected chi connectivity index (χ0v) is 13.0. The minimum atomic E-state index is -3.13. The van der Waals surface area contributed by atoms with Crippen molar-refractivity contribution in [2.24, 2.45) is 0 Å². The van der Waals surface area contributed by atoms with Crippen molar-refractivity contribution in [2.45, 2.75) is 6.42 Å². The van der Waals surface area contributed by atoms with Crippen LogP contribution in [0.2, 0.25) is 0 Å². The van der Waals surface area contributed by atoms with Gasteiger partial charge < -0.3 is 24.5 Å². The molecule has 23 heavy (non-hydrogen) atoms. The number of hydrogen-bond donors (Lipinski definition) is 3. The molecule has 0 aromatic heterocycles. The van der Waals surface area contributed by atoms with Crippen LogP contribution in [0.15, 0.2) is 48.5 Å². The molecule has 0 saturated heterocycles. The van der Waals surface area contributed by atoms with Gasteiger partial charge in [0.2, 0.25) is 0 Å². The van der Waals surface area contributed by atoms with E-state index >= 15 is 0 Å². The van der Waals surface area contributed by atoms with Gasteiger partial charge in [0.15, 0.2) is 11.5 Å². The summed E-state index contributed by atoms with van der Waals surface area (Å²) in [7, 11) is -3.13. The van der Waals surface area contributed by atoms with Gasteiger partial charge in [0, 0.05) is 6.54 Å². The molecule has 1 heterocycles. The van der Waals surface area contributed by atoms with Gasteiger partial charge in [-0.2, -0.15) is 0 Å². The highest BCUT2D eigenvalue weighted by molar-refractivity contribution is 7.30. The Balaban J connectivity index is 0.000000433. The Bertz CT molecular complexity index is 671. The molecule has 3 rings (SSSR count). The smallest absolute Gasteiger partial charge is 0.314 e. The number of benzene rings is 2. The lowest BCUT2D eigenvalue weighted by atomic mass is 10.1. The zero-order chi connectivity index (χ0) is 16.8. The van der Waals surface area contributed by atoms with Crippen molar-refractivity contribution >= 4 is 25.6 Å². The van der Waals surface area contributed by atoms with Crippen LogP contribution >= 0.6 is 8.25 Å². The molecular formula is C15H16NO6P. The predicted molar refractivity (Wildman–Crippen MR) is 85.7 cm³/mol. The molecule has 0 atom stereocenters. The number of carboxylic acids is 1. The second-order valence-corrected chi connectivity index (χ2v) is 5.18. The Morgan fingerprint density at radius 2 is 1.43 bits per heavy atom. The minimum Gasteiger partial charge on any atom is -0.481 e. The van der Waals surface area contributed by atoms with E-state index in [2.05, 4.69) is 0 Å². The third-order valence-electron chi connectivity index (χ3n) is 3.08. The third kappa shape index (κ3) is 4.56. The number of ether oxygens (including phenoxy) is 1. The standard InChI is InChI=1S/C15H13NO3.H3O3P/c17-15(18)9-10-16-11-5-1-3-7-13(11)19-14-8-4-2-6-12(14)16;1-4(2)3/h1-8H,9-10H2,(H,17,18);4H,(H2,1,2,3). The molecule has 122 valence electrons. The lowest BCUT2D eigenvalue weighted by Gasteiger charge is -2.32. The van der Waals surface area contributed by atoms with Gasteiger partial charge in [-0.3, -0.25) is 9.36 Å². The third-order valence-corrected chi connectivity index (χ3v) is 3.08. The van der Waals surface area contributed by atoms with Crippen LogP contribution < -0.4 is 9.64 Å². The van der Waals surface area contributed by atoms with Gasteiger partial charge in [0.05, 0.1) is 17.8 Å². The first-order valence-electron chi connectivity index (χ1n) is 6.76. The molecule has 2 aromatic rings. The van der Waals surface area contributed by atoms with E-state index in [-0.39, 0.29) is 6.42 Å². The van der Waals surface area contributed by atoms with E-state index < -0.39 is 14.2 Å². The molecule has 2 aromatic carbocycles. The molecule has 3 N–H and O–H groups in total. The molecule has 7 nitrogen and oxygen atoms in total. The number of anilines is 2. The van der Waals surface area contributed by atoms with E-state index in [1.165, 1.54) is 0 Å². The summed E-state index contributed by atoms with van der Waals surface area (Å²) < 4.78 is 14.6. The fourth-order valence-electron chi connectivity index (χ4n) is 2.23. The van der Waals surface area contributed by atoms with E-state index in [4.69, 9.17) is 24.2 Å². The van der Waals surface area contributed by atoms with Gasteiger partial charge in [-0.15, -0.1) is 0 Å². The number of carbonyl (C=O) groups is 1. The largest absolute Gasteiger partial charge is 0.481 e. The van der Waals surface area contributed by atoms with Gasteiger partial charge in [-0.05, 0) is 24.3 Å². The van der Waals surface area contributed by atoms with Crippen molar-refractivity contribution in [1.82, 2.24) is 0 Å². The van der Waals surface area contributed by atoms with Crippen molar-refractivity contribution in [3.8, 4) is 11.5 Å². The number of para-hydroxylation sites is 4. The van der Waals surface area contributed by atoms with E-state index in [9.17, 15) is 4.79 Å². The van der Waals surface area contributed by atoms with Gasteiger partial charge in [0.25, 0.3) is 0 Å². The Labute approximate surface area is 133 Å². The van der Waals surface area contributed by atoms with Gasteiger partial charge in [-0.1, -0.05) is 24.3 Å². The molecule has 0 radical (unpaired) electrons. The van der Waals surface area contributed by atoms with Crippen LogP contribution in [-0.4, -0.2) is 27.4 Å². The lowest BCUT2D eigenvalue weighted by Crippen LogP contribution is -2.24.